The van der Waals surface area contributed by atoms with Crippen LogP contribution in [-0.2, 0) is 4.79 Å². The fraction of sp³-hybridized carbons (Fsp3) is 0.412. The zero-order valence-electron chi connectivity index (χ0n) is 14.0. The Morgan fingerprint density at radius 1 is 1.17 bits per heavy atom. The number of aromatic nitrogens is 3. The predicted molar refractivity (Wildman–Crippen MR) is 94.5 cm³/mol. The summed E-state index contributed by atoms with van der Waals surface area (Å²) in [6, 6.07) is 7.38. The molecule has 0 radical (unpaired) electrons. The average molecular weight is 326 g/mol. The van der Waals surface area contributed by atoms with Crippen molar-refractivity contribution in [3.8, 4) is 0 Å². The molecule has 0 atom stereocenters. The lowest BCUT2D eigenvalue weighted by Gasteiger charge is -2.30. The van der Waals surface area contributed by atoms with Crippen LogP contribution in [0, 0.1) is 5.92 Å². The van der Waals surface area contributed by atoms with Crippen LogP contribution in [0.5, 0.6) is 0 Å². The van der Waals surface area contributed by atoms with E-state index in [9.17, 15) is 4.79 Å². The number of amides is 1. The second-order valence-electron chi connectivity index (χ2n) is 6.19. The SMILES string of the molecule is CC(=O)Nc1ccc(Nc2nncc(N3CCC(C)CC3)n2)cc1. The predicted octanol–water partition coefficient (Wildman–Crippen LogP) is 2.81. The van der Waals surface area contributed by atoms with Crippen molar-refractivity contribution in [3.05, 3.63) is 30.5 Å². The van der Waals surface area contributed by atoms with Crippen molar-refractivity contribution < 1.29 is 4.79 Å². The molecule has 0 spiro atoms. The van der Waals surface area contributed by atoms with E-state index >= 15 is 0 Å². The van der Waals surface area contributed by atoms with Crippen molar-refractivity contribution in [1.29, 1.82) is 0 Å². The number of rotatable bonds is 4. The summed E-state index contributed by atoms with van der Waals surface area (Å²) < 4.78 is 0. The maximum absolute atomic E-state index is 11.0. The smallest absolute Gasteiger partial charge is 0.249 e. The molecule has 1 fully saturated rings. The quantitative estimate of drug-likeness (QED) is 0.899. The number of benzene rings is 1. The topological polar surface area (TPSA) is 83.0 Å². The largest absolute Gasteiger partial charge is 0.355 e. The van der Waals surface area contributed by atoms with Crippen molar-refractivity contribution in [2.45, 2.75) is 26.7 Å². The van der Waals surface area contributed by atoms with Gasteiger partial charge in [0, 0.05) is 31.4 Å². The first-order valence-corrected chi connectivity index (χ1v) is 8.19. The number of piperidine rings is 1. The number of carbonyl (C=O) groups excluding carboxylic acids is 1. The lowest BCUT2D eigenvalue weighted by atomic mass is 9.99. The first kappa shape index (κ1) is 16.2. The lowest BCUT2D eigenvalue weighted by molar-refractivity contribution is -0.114. The van der Waals surface area contributed by atoms with E-state index in [1.54, 1.807) is 6.20 Å². The van der Waals surface area contributed by atoms with Crippen LogP contribution in [0.4, 0.5) is 23.1 Å². The van der Waals surface area contributed by atoms with E-state index in [-0.39, 0.29) is 5.91 Å². The molecule has 0 aliphatic carbocycles. The summed E-state index contributed by atoms with van der Waals surface area (Å²) in [4.78, 5) is 17.8. The standard InChI is InChI=1S/C17H22N6O/c1-12-7-9-23(10-8-12)16-11-18-22-17(21-16)20-15-5-3-14(4-6-15)19-13(2)24/h3-6,11-12H,7-10H2,1-2H3,(H,19,24)(H,20,21,22). The van der Waals surface area contributed by atoms with Gasteiger partial charge in [-0.25, -0.2) is 0 Å². The highest BCUT2D eigenvalue weighted by atomic mass is 16.1. The Balaban J connectivity index is 1.67. The molecule has 3 rings (SSSR count). The fourth-order valence-electron chi connectivity index (χ4n) is 2.71. The minimum atomic E-state index is -0.0909. The molecule has 1 aromatic carbocycles. The van der Waals surface area contributed by atoms with Crippen LogP contribution in [0.15, 0.2) is 30.5 Å². The van der Waals surface area contributed by atoms with E-state index in [1.807, 2.05) is 24.3 Å². The Kier molecular flexibility index (Phi) is 4.88. The van der Waals surface area contributed by atoms with Crippen LogP contribution in [0.3, 0.4) is 0 Å². The first-order valence-electron chi connectivity index (χ1n) is 8.19. The molecule has 2 N–H and O–H groups in total. The summed E-state index contributed by atoms with van der Waals surface area (Å²) in [7, 11) is 0. The van der Waals surface area contributed by atoms with Gasteiger partial charge in [-0.3, -0.25) is 4.79 Å². The van der Waals surface area contributed by atoms with Gasteiger partial charge < -0.3 is 15.5 Å². The van der Waals surface area contributed by atoms with E-state index in [1.165, 1.54) is 19.8 Å². The Labute approximate surface area is 141 Å². The highest BCUT2D eigenvalue weighted by Gasteiger charge is 2.17. The molecule has 1 aliphatic rings. The van der Waals surface area contributed by atoms with E-state index in [0.717, 1.165) is 36.2 Å². The molecule has 7 nitrogen and oxygen atoms in total. The molecule has 0 bridgehead atoms. The third-order valence-corrected chi connectivity index (χ3v) is 4.12. The van der Waals surface area contributed by atoms with Crippen LogP contribution < -0.4 is 15.5 Å². The van der Waals surface area contributed by atoms with E-state index < -0.39 is 0 Å². The van der Waals surface area contributed by atoms with Crippen molar-refractivity contribution in [3.63, 3.8) is 0 Å². The van der Waals surface area contributed by atoms with Gasteiger partial charge in [-0.05, 0) is 43.0 Å². The zero-order chi connectivity index (χ0) is 16.9. The summed E-state index contributed by atoms with van der Waals surface area (Å²) in [5.74, 6) is 2.01. The summed E-state index contributed by atoms with van der Waals surface area (Å²) in [5, 5.41) is 14.0. The molecule has 2 heterocycles. The summed E-state index contributed by atoms with van der Waals surface area (Å²) in [6.45, 7) is 5.78. The third-order valence-electron chi connectivity index (χ3n) is 4.12. The number of hydrogen-bond donors (Lipinski definition) is 2. The molecule has 1 saturated heterocycles. The molecule has 1 aliphatic heterocycles. The molecule has 0 unspecified atom stereocenters. The van der Waals surface area contributed by atoms with E-state index in [2.05, 4.69) is 37.6 Å². The van der Waals surface area contributed by atoms with Crippen LogP contribution >= 0.6 is 0 Å². The molecule has 0 saturated carbocycles. The van der Waals surface area contributed by atoms with Crippen molar-refractivity contribution in [2.24, 2.45) is 5.92 Å². The summed E-state index contributed by atoms with van der Waals surface area (Å²) >= 11 is 0. The monoisotopic (exact) mass is 326 g/mol. The average Bonchev–Trinajstić information content (AvgIpc) is 2.57. The molecule has 24 heavy (non-hydrogen) atoms. The van der Waals surface area contributed by atoms with Crippen LogP contribution in [0.1, 0.15) is 26.7 Å². The van der Waals surface area contributed by atoms with Gasteiger partial charge in [0.25, 0.3) is 0 Å². The second kappa shape index (κ2) is 7.25. The minimum Gasteiger partial charge on any atom is -0.355 e. The van der Waals surface area contributed by atoms with E-state index in [0.29, 0.717) is 5.95 Å². The van der Waals surface area contributed by atoms with Gasteiger partial charge in [-0.1, -0.05) is 6.92 Å². The molecule has 1 aromatic heterocycles. The molecule has 1 amide bonds. The number of hydrogen-bond acceptors (Lipinski definition) is 6. The van der Waals surface area contributed by atoms with Crippen LogP contribution in [0.2, 0.25) is 0 Å². The fourth-order valence-corrected chi connectivity index (χ4v) is 2.71. The zero-order valence-corrected chi connectivity index (χ0v) is 14.0. The van der Waals surface area contributed by atoms with Gasteiger partial charge >= 0.3 is 0 Å². The van der Waals surface area contributed by atoms with Gasteiger partial charge in [0.2, 0.25) is 11.9 Å². The van der Waals surface area contributed by atoms with Gasteiger partial charge in [0.05, 0.1) is 6.20 Å². The Hall–Kier alpha value is -2.70. The normalized spacial score (nSPS) is 15.2. The number of anilines is 4. The Morgan fingerprint density at radius 2 is 1.83 bits per heavy atom. The van der Waals surface area contributed by atoms with Gasteiger partial charge in [0.15, 0.2) is 5.82 Å². The lowest BCUT2D eigenvalue weighted by Crippen LogP contribution is -2.33. The van der Waals surface area contributed by atoms with Gasteiger partial charge in [0.1, 0.15) is 0 Å². The van der Waals surface area contributed by atoms with Crippen molar-refractivity contribution in [1.82, 2.24) is 15.2 Å². The van der Waals surface area contributed by atoms with Crippen molar-refractivity contribution in [2.75, 3.05) is 28.6 Å². The first-order chi connectivity index (χ1) is 11.6. The third kappa shape index (κ3) is 4.18. The van der Waals surface area contributed by atoms with E-state index in [4.69, 9.17) is 0 Å². The van der Waals surface area contributed by atoms with Crippen molar-refractivity contribution >= 4 is 29.0 Å². The number of nitrogens with zero attached hydrogens (tertiary/aromatic N) is 4. The Morgan fingerprint density at radius 3 is 2.50 bits per heavy atom. The number of nitrogens with one attached hydrogen (secondary N) is 2. The molecule has 126 valence electrons. The van der Waals surface area contributed by atoms with Crippen LogP contribution in [0.25, 0.3) is 0 Å². The van der Waals surface area contributed by atoms with Gasteiger partial charge in [-0.2, -0.15) is 10.1 Å². The molecule has 7 heteroatoms. The molecular weight excluding hydrogens is 304 g/mol. The van der Waals surface area contributed by atoms with Crippen LogP contribution in [-0.4, -0.2) is 34.2 Å². The number of carbonyl (C=O) groups is 1. The highest BCUT2D eigenvalue weighted by Crippen LogP contribution is 2.22. The molecule has 2 aromatic rings. The van der Waals surface area contributed by atoms with Gasteiger partial charge in [-0.15, -0.1) is 5.10 Å². The highest BCUT2D eigenvalue weighted by molar-refractivity contribution is 5.88. The Bertz CT molecular complexity index is 694. The summed E-state index contributed by atoms with van der Waals surface area (Å²) in [5.41, 5.74) is 1.60. The maximum Gasteiger partial charge on any atom is 0.249 e. The minimum absolute atomic E-state index is 0.0909. The second-order valence-corrected chi connectivity index (χ2v) is 6.19. The maximum atomic E-state index is 11.0. The summed E-state index contributed by atoms with van der Waals surface area (Å²) in [6.07, 6.45) is 4.07. The molecular formula is C17H22N6O.